The SMILES string of the molecule is CCn1c(SCC(=O)Nc2ccc3ccccc3c2)nnc1[C@@H](NC(=O)c1ccccc1Cl)C(C)C. The van der Waals surface area contributed by atoms with Gasteiger partial charge >= 0.3 is 0 Å². The zero-order valence-corrected chi connectivity index (χ0v) is 21.9. The van der Waals surface area contributed by atoms with Gasteiger partial charge in [0.1, 0.15) is 0 Å². The van der Waals surface area contributed by atoms with E-state index in [1.807, 2.05) is 67.8 Å². The summed E-state index contributed by atoms with van der Waals surface area (Å²) in [6.07, 6.45) is 0. The molecule has 0 radical (unpaired) electrons. The van der Waals surface area contributed by atoms with E-state index in [9.17, 15) is 9.59 Å². The zero-order chi connectivity index (χ0) is 25.7. The molecule has 2 amide bonds. The van der Waals surface area contributed by atoms with Crippen molar-refractivity contribution in [1.29, 1.82) is 0 Å². The van der Waals surface area contributed by atoms with Crippen molar-refractivity contribution >= 4 is 51.6 Å². The minimum Gasteiger partial charge on any atom is -0.342 e. The Morgan fingerprint density at radius 2 is 1.72 bits per heavy atom. The van der Waals surface area contributed by atoms with E-state index in [1.165, 1.54) is 11.8 Å². The highest BCUT2D eigenvalue weighted by molar-refractivity contribution is 7.99. The second-order valence-corrected chi connectivity index (χ2v) is 10.0. The lowest BCUT2D eigenvalue weighted by Gasteiger charge is -2.22. The van der Waals surface area contributed by atoms with E-state index >= 15 is 0 Å². The quantitative estimate of drug-likeness (QED) is 0.265. The van der Waals surface area contributed by atoms with E-state index in [4.69, 9.17) is 11.6 Å². The predicted octanol–water partition coefficient (Wildman–Crippen LogP) is 5.96. The monoisotopic (exact) mass is 521 g/mol. The Balaban J connectivity index is 1.45. The molecule has 186 valence electrons. The molecule has 0 bridgehead atoms. The van der Waals surface area contributed by atoms with Crippen LogP contribution in [0.25, 0.3) is 10.8 Å². The van der Waals surface area contributed by atoms with Gasteiger partial charge in [-0.2, -0.15) is 0 Å². The van der Waals surface area contributed by atoms with Crippen LogP contribution < -0.4 is 10.6 Å². The van der Waals surface area contributed by atoms with Gasteiger partial charge in [0, 0.05) is 12.2 Å². The number of carbonyl (C=O) groups is 2. The molecule has 0 aliphatic carbocycles. The summed E-state index contributed by atoms with van der Waals surface area (Å²) >= 11 is 7.53. The first kappa shape index (κ1) is 25.7. The molecule has 1 heterocycles. The fourth-order valence-corrected chi connectivity index (χ4v) is 4.95. The van der Waals surface area contributed by atoms with Gasteiger partial charge in [0.15, 0.2) is 11.0 Å². The standard InChI is InChI=1S/C27H28ClN5O2S/c1-4-33-25(24(17(2)3)30-26(35)21-11-7-8-12-22(21)28)31-32-27(33)36-16-23(34)29-20-14-13-18-9-5-6-10-19(18)15-20/h5-15,17,24H,4,16H2,1-3H3,(H,29,34)(H,30,35)/t24-/m0/s1. The number of fused-ring (bicyclic) bond motifs is 1. The molecule has 1 atom stereocenters. The summed E-state index contributed by atoms with van der Waals surface area (Å²) < 4.78 is 1.94. The van der Waals surface area contributed by atoms with Crippen molar-refractivity contribution in [3.05, 3.63) is 83.1 Å². The maximum absolute atomic E-state index is 12.9. The first-order valence-corrected chi connectivity index (χ1v) is 13.1. The third-order valence-electron chi connectivity index (χ3n) is 5.78. The van der Waals surface area contributed by atoms with E-state index < -0.39 is 0 Å². The summed E-state index contributed by atoms with van der Waals surface area (Å²) in [4.78, 5) is 25.6. The number of nitrogens with one attached hydrogen (secondary N) is 2. The predicted molar refractivity (Wildman–Crippen MR) is 145 cm³/mol. The number of nitrogens with zero attached hydrogens (tertiary/aromatic N) is 3. The first-order valence-electron chi connectivity index (χ1n) is 11.8. The average molecular weight is 522 g/mol. The average Bonchev–Trinajstić information content (AvgIpc) is 3.28. The van der Waals surface area contributed by atoms with E-state index in [2.05, 4.69) is 20.8 Å². The number of rotatable bonds is 9. The van der Waals surface area contributed by atoms with Crippen molar-refractivity contribution in [2.24, 2.45) is 5.92 Å². The van der Waals surface area contributed by atoms with E-state index in [0.29, 0.717) is 28.1 Å². The zero-order valence-electron chi connectivity index (χ0n) is 20.4. The maximum atomic E-state index is 12.9. The van der Waals surface area contributed by atoms with Gasteiger partial charge in [-0.25, -0.2) is 0 Å². The molecule has 0 spiro atoms. The summed E-state index contributed by atoms with van der Waals surface area (Å²) in [5.41, 5.74) is 1.16. The highest BCUT2D eigenvalue weighted by Crippen LogP contribution is 2.27. The molecule has 36 heavy (non-hydrogen) atoms. The Morgan fingerprint density at radius 3 is 2.44 bits per heavy atom. The van der Waals surface area contributed by atoms with Crippen LogP contribution in [0, 0.1) is 5.92 Å². The Kier molecular flexibility index (Phi) is 8.28. The van der Waals surface area contributed by atoms with Gasteiger partial charge in [-0.05, 0) is 47.9 Å². The highest BCUT2D eigenvalue weighted by Gasteiger charge is 2.26. The molecular weight excluding hydrogens is 494 g/mol. The molecule has 0 saturated carbocycles. The van der Waals surface area contributed by atoms with Crippen LogP contribution in [0.3, 0.4) is 0 Å². The van der Waals surface area contributed by atoms with Gasteiger partial charge in [-0.15, -0.1) is 10.2 Å². The number of aromatic nitrogens is 3. The molecule has 9 heteroatoms. The molecular formula is C27H28ClN5O2S. The summed E-state index contributed by atoms with van der Waals surface area (Å²) in [7, 11) is 0. The van der Waals surface area contributed by atoms with Crippen LogP contribution in [0.4, 0.5) is 5.69 Å². The lowest BCUT2D eigenvalue weighted by molar-refractivity contribution is -0.113. The molecule has 3 aromatic carbocycles. The Morgan fingerprint density at radius 1 is 1.00 bits per heavy atom. The van der Waals surface area contributed by atoms with Gasteiger partial charge in [-0.1, -0.05) is 79.7 Å². The van der Waals surface area contributed by atoms with Crippen LogP contribution in [0.15, 0.2) is 71.9 Å². The van der Waals surface area contributed by atoms with Crippen LogP contribution >= 0.6 is 23.4 Å². The minimum absolute atomic E-state index is 0.0555. The molecule has 2 N–H and O–H groups in total. The number of benzene rings is 3. The number of carbonyl (C=O) groups excluding carboxylic acids is 2. The molecule has 0 aliphatic rings. The van der Waals surface area contributed by atoms with Gasteiger partial charge in [0.25, 0.3) is 5.91 Å². The minimum atomic E-state index is -0.373. The van der Waals surface area contributed by atoms with E-state index in [1.54, 1.807) is 24.3 Å². The molecule has 4 rings (SSSR count). The normalized spacial score (nSPS) is 12.0. The van der Waals surface area contributed by atoms with Gasteiger partial charge < -0.3 is 15.2 Å². The number of thioether (sulfide) groups is 1. The smallest absolute Gasteiger partial charge is 0.253 e. The molecule has 4 aromatic rings. The molecule has 0 saturated heterocycles. The van der Waals surface area contributed by atoms with Crippen LogP contribution in [-0.4, -0.2) is 32.3 Å². The third-order valence-corrected chi connectivity index (χ3v) is 7.07. The van der Waals surface area contributed by atoms with Crippen molar-refractivity contribution < 1.29 is 9.59 Å². The Labute approximate surface area is 219 Å². The Bertz CT molecular complexity index is 1390. The topological polar surface area (TPSA) is 88.9 Å². The summed E-state index contributed by atoms with van der Waals surface area (Å²) in [5, 5.41) is 17.9. The van der Waals surface area contributed by atoms with Crippen molar-refractivity contribution in [1.82, 2.24) is 20.1 Å². The van der Waals surface area contributed by atoms with Crippen molar-refractivity contribution in [3.63, 3.8) is 0 Å². The highest BCUT2D eigenvalue weighted by atomic mass is 35.5. The Hall–Kier alpha value is -3.36. The largest absolute Gasteiger partial charge is 0.342 e. The lowest BCUT2D eigenvalue weighted by atomic mass is 10.0. The van der Waals surface area contributed by atoms with Crippen LogP contribution in [0.1, 0.15) is 43.0 Å². The molecule has 0 aliphatic heterocycles. The van der Waals surface area contributed by atoms with Crippen molar-refractivity contribution in [3.8, 4) is 0 Å². The second-order valence-electron chi connectivity index (χ2n) is 8.66. The second kappa shape index (κ2) is 11.6. The fraction of sp³-hybridized carbons (Fsp3) is 0.259. The van der Waals surface area contributed by atoms with E-state index in [0.717, 1.165) is 16.5 Å². The van der Waals surface area contributed by atoms with Crippen LogP contribution in [0.2, 0.25) is 5.02 Å². The summed E-state index contributed by atoms with van der Waals surface area (Å²) in [6, 6.07) is 20.4. The number of hydrogen-bond acceptors (Lipinski definition) is 5. The van der Waals surface area contributed by atoms with Crippen molar-refractivity contribution in [2.45, 2.75) is 38.5 Å². The fourth-order valence-electron chi connectivity index (χ4n) is 3.92. The van der Waals surface area contributed by atoms with Gasteiger partial charge in [0.2, 0.25) is 5.91 Å². The number of anilines is 1. The first-order chi connectivity index (χ1) is 17.4. The lowest BCUT2D eigenvalue weighted by Crippen LogP contribution is -2.34. The number of hydrogen-bond donors (Lipinski definition) is 2. The maximum Gasteiger partial charge on any atom is 0.253 e. The molecule has 0 fully saturated rings. The summed E-state index contributed by atoms with van der Waals surface area (Å²) in [5.74, 6) is 0.484. The number of amides is 2. The number of halogens is 1. The summed E-state index contributed by atoms with van der Waals surface area (Å²) in [6.45, 7) is 6.60. The third kappa shape index (κ3) is 5.88. The van der Waals surface area contributed by atoms with Gasteiger partial charge in [0.05, 0.1) is 22.4 Å². The van der Waals surface area contributed by atoms with Gasteiger partial charge in [-0.3, -0.25) is 9.59 Å². The molecule has 0 unspecified atom stereocenters. The van der Waals surface area contributed by atoms with Crippen LogP contribution in [0.5, 0.6) is 0 Å². The molecule has 7 nitrogen and oxygen atoms in total. The molecule has 1 aromatic heterocycles. The van der Waals surface area contributed by atoms with Crippen LogP contribution in [-0.2, 0) is 11.3 Å². The van der Waals surface area contributed by atoms with Crippen molar-refractivity contribution in [2.75, 3.05) is 11.1 Å². The van der Waals surface area contributed by atoms with E-state index in [-0.39, 0.29) is 29.5 Å².